The van der Waals surface area contributed by atoms with Gasteiger partial charge in [0.05, 0.1) is 0 Å². The second kappa shape index (κ2) is 5.06. The first-order valence-corrected chi connectivity index (χ1v) is 6.51. The highest BCUT2D eigenvalue weighted by Crippen LogP contribution is 2.20. The van der Waals surface area contributed by atoms with Gasteiger partial charge in [0.25, 0.3) is 5.91 Å². The highest BCUT2D eigenvalue weighted by atomic mass is 19.1. The molecule has 0 bridgehead atoms. The first kappa shape index (κ1) is 12.8. The number of halogens is 1. The number of rotatable bonds is 2. The minimum Gasteiger partial charge on any atom is -0.311 e. The molecule has 3 nitrogen and oxygen atoms in total. The van der Waals surface area contributed by atoms with Crippen LogP contribution in [0.2, 0.25) is 0 Å². The number of nitrogens with one attached hydrogen (secondary N) is 1. The molecule has 1 amide bonds. The fourth-order valence-electron chi connectivity index (χ4n) is 2.42. The van der Waals surface area contributed by atoms with E-state index in [0.29, 0.717) is 11.3 Å². The third-order valence-corrected chi connectivity index (χ3v) is 3.58. The molecule has 2 aromatic rings. The smallest absolute Gasteiger partial charge is 0.258 e. The maximum Gasteiger partial charge on any atom is 0.258 e. The molecule has 0 aromatic heterocycles. The minimum atomic E-state index is -0.347. The van der Waals surface area contributed by atoms with E-state index in [9.17, 15) is 9.18 Å². The Morgan fingerprint density at radius 1 is 1.15 bits per heavy atom. The lowest BCUT2D eigenvalue weighted by molar-refractivity contribution is 0.0993. The summed E-state index contributed by atoms with van der Waals surface area (Å²) in [6.07, 6.45) is 0. The minimum absolute atomic E-state index is 0.134. The molecular formula is C16H15FN2O. The summed E-state index contributed by atoms with van der Waals surface area (Å²) in [7, 11) is 1.66. The number of amides is 1. The molecule has 0 radical (unpaired) electrons. The SMILES string of the molecule is CN(C(=O)c1ccc2c(c1)CNC2)c1cccc(F)c1. The lowest BCUT2D eigenvalue weighted by atomic mass is 10.1. The first-order chi connectivity index (χ1) is 9.65. The summed E-state index contributed by atoms with van der Waals surface area (Å²) in [5, 5.41) is 3.25. The second-order valence-corrected chi connectivity index (χ2v) is 4.93. The zero-order valence-corrected chi connectivity index (χ0v) is 11.2. The maximum atomic E-state index is 13.2. The maximum absolute atomic E-state index is 13.2. The van der Waals surface area contributed by atoms with E-state index in [1.54, 1.807) is 19.2 Å². The molecule has 2 aromatic carbocycles. The molecule has 20 heavy (non-hydrogen) atoms. The molecule has 0 aliphatic carbocycles. The predicted molar refractivity (Wildman–Crippen MR) is 76.1 cm³/mol. The fraction of sp³-hybridized carbons (Fsp3) is 0.188. The lowest BCUT2D eigenvalue weighted by Gasteiger charge is -2.18. The Hall–Kier alpha value is -2.20. The predicted octanol–water partition coefficient (Wildman–Crippen LogP) is 2.71. The van der Waals surface area contributed by atoms with Gasteiger partial charge in [0.15, 0.2) is 0 Å². The average molecular weight is 270 g/mol. The van der Waals surface area contributed by atoms with Crippen molar-refractivity contribution in [3.8, 4) is 0 Å². The van der Waals surface area contributed by atoms with Crippen LogP contribution in [0.5, 0.6) is 0 Å². The number of hydrogen-bond acceptors (Lipinski definition) is 2. The van der Waals surface area contributed by atoms with Crippen LogP contribution in [-0.4, -0.2) is 13.0 Å². The number of hydrogen-bond donors (Lipinski definition) is 1. The van der Waals surface area contributed by atoms with Crippen LogP contribution >= 0.6 is 0 Å². The van der Waals surface area contributed by atoms with Gasteiger partial charge < -0.3 is 10.2 Å². The molecule has 1 heterocycles. The van der Waals surface area contributed by atoms with Gasteiger partial charge in [-0.3, -0.25) is 4.79 Å². The number of carbonyl (C=O) groups is 1. The Balaban J connectivity index is 1.88. The average Bonchev–Trinajstić information content (AvgIpc) is 2.93. The highest BCUT2D eigenvalue weighted by Gasteiger charge is 2.17. The molecule has 0 fully saturated rings. The summed E-state index contributed by atoms with van der Waals surface area (Å²) in [5.74, 6) is -0.481. The molecule has 0 spiro atoms. The number of benzene rings is 2. The molecule has 102 valence electrons. The van der Waals surface area contributed by atoms with Gasteiger partial charge in [-0.1, -0.05) is 12.1 Å². The van der Waals surface area contributed by atoms with Gasteiger partial charge in [-0.25, -0.2) is 4.39 Å². The van der Waals surface area contributed by atoms with Gasteiger partial charge in [0.1, 0.15) is 5.82 Å². The van der Waals surface area contributed by atoms with E-state index in [0.717, 1.165) is 18.7 Å². The summed E-state index contributed by atoms with van der Waals surface area (Å²) in [6, 6.07) is 11.7. The molecule has 1 aliphatic rings. The summed E-state index contributed by atoms with van der Waals surface area (Å²) in [6.45, 7) is 1.64. The summed E-state index contributed by atoms with van der Waals surface area (Å²) >= 11 is 0. The van der Waals surface area contributed by atoms with Crippen LogP contribution in [0.1, 0.15) is 21.5 Å². The van der Waals surface area contributed by atoms with Gasteiger partial charge in [0.2, 0.25) is 0 Å². The summed E-state index contributed by atoms with van der Waals surface area (Å²) in [4.78, 5) is 13.9. The topological polar surface area (TPSA) is 32.3 Å². The Labute approximate surface area is 117 Å². The van der Waals surface area contributed by atoms with E-state index < -0.39 is 0 Å². The van der Waals surface area contributed by atoms with Gasteiger partial charge in [-0.05, 0) is 41.5 Å². The number of anilines is 1. The van der Waals surface area contributed by atoms with Crippen LogP contribution in [0.3, 0.4) is 0 Å². The standard InChI is InChI=1S/C16H15FN2O/c1-19(15-4-2-3-14(17)8-15)16(20)11-5-6-12-9-18-10-13(12)7-11/h2-8,18H,9-10H2,1H3. The Kier molecular flexibility index (Phi) is 3.24. The molecule has 0 saturated heterocycles. The molecule has 1 N–H and O–H groups in total. The van der Waals surface area contributed by atoms with E-state index >= 15 is 0 Å². The van der Waals surface area contributed by atoms with Crippen molar-refractivity contribution in [2.45, 2.75) is 13.1 Å². The van der Waals surface area contributed by atoms with Gasteiger partial charge >= 0.3 is 0 Å². The second-order valence-electron chi connectivity index (χ2n) is 4.93. The van der Waals surface area contributed by atoms with Crippen molar-refractivity contribution in [3.63, 3.8) is 0 Å². The monoisotopic (exact) mass is 270 g/mol. The number of fused-ring (bicyclic) bond motifs is 1. The van der Waals surface area contributed by atoms with Crippen molar-refractivity contribution >= 4 is 11.6 Å². The lowest BCUT2D eigenvalue weighted by Crippen LogP contribution is -2.26. The third kappa shape index (κ3) is 2.30. The molecule has 0 unspecified atom stereocenters. The van der Waals surface area contributed by atoms with Crippen LogP contribution in [0.4, 0.5) is 10.1 Å². The Bertz CT molecular complexity index is 669. The Morgan fingerprint density at radius 3 is 2.75 bits per heavy atom. The fourth-order valence-corrected chi connectivity index (χ4v) is 2.42. The molecule has 1 aliphatic heterocycles. The van der Waals surface area contributed by atoms with E-state index in [4.69, 9.17) is 0 Å². The zero-order chi connectivity index (χ0) is 14.1. The van der Waals surface area contributed by atoms with E-state index in [2.05, 4.69) is 5.32 Å². The van der Waals surface area contributed by atoms with Gasteiger partial charge in [0, 0.05) is 31.4 Å². The normalized spacial score (nSPS) is 13.1. The van der Waals surface area contributed by atoms with Crippen molar-refractivity contribution in [2.75, 3.05) is 11.9 Å². The molecule has 4 heteroatoms. The van der Waals surface area contributed by atoms with Crippen LogP contribution < -0.4 is 10.2 Å². The number of carbonyl (C=O) groups excluding carboxylic acids is 1. The van der Waals surface area contributed by atoms with Crippen molar-refractivity contribution < 1.29 is 9.18 Å². The van der Waals surface area contributed by atoms with Crippen molar-refractivity contribution in [3.05, 3.63) is 65.0 Å². The van der Waals surface area contributed by atoms with Crippen molar-refractivity contribution in [1.29, 1.82) is 0 Å². The van der Waals surface area contributed by atoms with Gasteiger partial charge in [-0.2, -0.15) is 0 Å². The van der Waals surface area contributed by atoms with E-state index in [-0.39, 0.29) is 11.7 Å². The van der Waals surface area contributed by atoms with Crippen molar-refractivity contribution in [2.24, 2.45) is 0 Å². The molecule has 0 atom stereocenters. The number of nitrogens with zero attached hydrogens (tertiary/aromatic N) is 1. The van der Waals surface area contributed by atoms with Crippen LogP contribution in [-0.2, 0) is 13.1 Å². The van der Waals surface area contributed by atoms with Crippen molar-refractivity contribution in [1.82, 2.24) is 5.32 Å². The van der Waals surface area contributed by atoms with Crippen LogP contribution in [0, 0.1) is 5.82 Å². The Morgan fingerprint density at radius 2 is 1.95 bits per heavy atom. The van der Waals surface area contributed by atoms with E-state index in [1.807, 2.05) is 18.2 Å². The van der Waals surface area contributed by atoms with Crippen LogP contribution in [0.25, 0.3) is 0 Å². The molecule has 0 saturated carbocycles. The van der Waals surface area contributed by atoms with Crippen LogP contribution in [0.15, 0.2) is 42.5 Å². The largest absolute Gasteiger partial charge is 0.311 e. The van der Waals surface area contributed by atoms with Gasteiger partial charge in [-0.15, -0.1) is 0 Å². The quantitative estimate of drug-likeness (QED) is 0.910. The third-order valence-electron chi connectivity index (χ3n) is 3.58. The first-order valence-electron chi connectivity index (χ1n) is 6.51. The highest BCUT2D eigenvalue weighted by molar-refractivity contribution is 6.05. The molecule has 3 rings (SSSR count). The van der Waals surface area contributed by atoms with E-state index in [1.165, 1.54) is 22.6 Å². The summed E-state index contributed by atoms with van der Waals surface area (Å²) in [5.41, 5.74) is 3.56. The zero-order valence-electron chi connectivity index (χ0n) is 11.2. The molecular weight excluding hydrogens is 255 g/mol. The summed E-state index contributed by atoms with van der Waals surface area (Å²) < 4.78 is 13.2.